The Hall–Kier alpha value is -1.06. The van der Waals surface area contributed by atoms with E-state index in [-0.39, 0.29) is 24.0 Å². The standard InChI is InChI=1S/C20H34N4O2.HI/c1-21-20(22-12-3-5-17-6-8-19(25)9-7-17)23-18-10-14-24(15-11-18)13-4-16-26-2;/h6-9,18,25H,3-5,10-16H2,1-2H3,(H2,21,22,23);1H. The molecule has 0 radical (unpaired) electrons. The van der Waals surface area contributed by atoms with E-state index in [1.54, 1.807) is 19.2 Å². The summed E-state index contributed by atoms with van der Waals surface area (Å²) < 4.78 is 5.13. The third kappa shape index (κ3) is 9.62. The van der Waals surface area contributed by atoms with Gasteiger partial charge in [-0.2, -0.15) is 0 Å². The zero-order valence-electron chi connectivity index (χ0n) is 16.6. The van der Waals surface area contributed by atoms with Gasteiger partial charge in [0.2, 0.25) is 0 Å². The fourth-order valence-electron chi connectivity index (χ4n) is 3.28. The van der Waals surface area contributed by atoms with Gasteiger partial charge in [-0.25, -0.2) is 0 Å². The van der Waals surface area contributed by atoms with E-state index in [9.17, 15) is 5.11 Å². The number of likely N-dealkylation sites (tertiary alicyclic amines) is 1. The van der Waals surface area contributed by atoms with E-state index in [1.165, 1.54) is 5.56 Å². The van der Waals surface area contributed by atoms with Crippen LogP contribution in [-0.2, 0) is 11.2 Å². The third-order valence-electron chi connectivity index (χ3n) is 4.85. The summed E-state index contributed by atoms with van der Waals surface area (Å²) >= 11 is 0. The van der Waals surface area contributed by atoms with Crippen molar-refractivity contribution in [3.8, 4) is 5.75 Å². The minimum absolute atomic E-state index is 0. The number of aryl methyl sites for hydroxylation is 1. The van der Waals surface area contributed by atoms with E-state index in [2.05, 4.69) is 20.5 Å². The largest absolute Gasteiger partial charge is 0.508 e. The number of nitrogens with zero attached hydrogens (tertiary/aromatic N) is 2. The van der Waals surface area contributed by atoms with Crippen molar-refractivity contribution in [2.24, 2.45) is 4.99 Å². The number of aliphatic imine (C=N–C) groups is 1. The van der Waals surface area contributed by atoms with Crippen molar-refractivity contribution in [1.29, 1.82) is 0 Å². The van der Waals surface area contributed by atoms with Crippen LogP contribution in [0.4, 0.5) is 0 Å². The summed E-state index contributed by atoms with van der Waals surface area (Å²) in [4.78, 5) is 6.87. The van der Waals surface area contributed by atoms with Crippen LogP contribution in [0, 0.1) is 0 Å². The molecule has 1 aliphatic heterocycles. The van der Waals surface area contributed by atoms with E-state index in [0.29, 0.717) is 11.8 Å². The topological polar surface area (TPSA) is 69.1 Å². The van der Waals surface area contributed by atoms with Crippen molar-refractivity contribution >= 4 is 29.9 Å². The number of benzene rings is 1. The van der Waals surface area contributed by atoms with Gasteiger partial charge in [0.05, 0.1) is 0 Å². The molecule has 0 bridgehead atoms. The van der Waals surface area contributed by atoms with Crippen LogP contribution in [0.1, 0.15) is 31.2 Å². The molecule has 1 heterocycles. The fourth-order valence-corrected chi connectivity index (χ4v) is 3.28. The highest BCUT2D eigenvalue weighted by Crippen LogP contribution is 2.11. The molecule has 1 aromatic rings. The van der Waals surface area contributed by atoms with Crippen molar-refractivity contribution in [2.75, 3.05) is 46.9 Å². The molecule has 3 N–H and O–H groups in total. The van der Waals surface area contributed by atoms with Crippen LogP contribution >= 0.6 is 24.0 Å². The highest BCUT2D eigenvalue weighted by Gasteiger charge is 2.19. The summed E-state index contributed by atoms with van der Waals surface area (Å²) in [6, 6.07) is 7.93. The number of guanidine groups is 1. The van der Waals surface area contributed by atoms with E-state index < -0.39 is 0 Å². The Morgan fingerprint density at radius 1 is 1.22 bits per heavy atom. The zero-order chi connectivity index (χ0) is 18.6. The highest BCUT2D eigenvalue weighted by molar-refractivity contribution is 14.0. The van der Waals surface area contributed by atoms with Gasteiger partial charge in [0.25, 0.3) is 0 Å². The Morgan fingerprint density at radius 2 is 1.93 bits per heavy atom. The minimum atomic E-state index is 0. The molecule has 1 saturated heterocycles. The van der Waals surface area contributed by atoms with Crippen molar-refractivity contribution < 1.29 is 9.84 Å². The van der Waals surface area contributed by atoms with Crippen LogP contribution in [0.15, 0.2) is 29.3 Å². The second kappa shape index (κ2) is 14.0. The normalized spacial score (nSPS) is 16.0. The Kier molecular flexibility index (Phi) is 12.4. The number of aromatic hydroxyl groups is 1. The first kappa shape index (κ1) is 24.0. The number of rotatable bonds is 9. The molecule has 0 saturated carbocycles. The summed E-state index contributed by atoms with van der Waals surface area (Å²) in [5, 5.41) is 16.3. The van der Waals surface area contributed by atoms with Crippen LogP contribution in [0.2, 0.25) is 0 Å². The van der Waals surface area contributed by atoms with Crippen LogP contribution < -0.4 is 10.6 Å². The number of ether oxygens (including phenoxy) is 1. The molecular formula is C20H35IN4O2. The lowest BCUT2D eigenvalue weighted by molar-refractivity contribution is 0.155. The first-order valence-electron chi connectivity index (χ1n) is 9.67. The Bertz CT molecular complexity index is 531. The molecule has 0 unspecified atom stereocenters. The molecular weight excluding hydrogens is 455 g/mol. The molecule has 6 nitrogen and oxygen atoms in total. The zero-order valence-corrected chi connectivity index (χ0v) is 18.9. The maximum absolute atomic E-state index is 9.31. The molecule has 2 rings (SSSR count). The Morgan fingerprint density at radius 3 is 2.56 bits per heavy atom. The predicted molar refractivity (Wildman–Crippen MR) is 122 cm³/mol. The van der Waals surface area contributed by atoms with Crippen LogP contribution in [0.3, 0.4) is 0 Å². The lowest BCUT2D eigenvalue weighted by atomic mass is 10.1. The summed E-state index contributed by atoms with van der Waals surface area (Å²) in [6.07, 6.45) is 5.44. The quantitative estimate of drug-likeness (QED) is 0.215. The van der Waals surface area contributed by atoms with Gasteiger partial charge in [-0.3, -0.25) is 4.99 Å². The highest BCUT2D eigenvalue weighted by atomic mass is 127. The van der Waals surface area contributed by atoms with Gasteiger partial charge in [-0.15, -0.1) is 24.0 Å². The van der Waals surface area contributed by atoms with Gasteiger partial charge in [0.15, 0.2) is 5.96 Å². The summed E-state index contributed by atoms with van der Waals surface area (Å²) in [7, 11) is 3.59. The van der Waals surface area contributed by atoms with E-state index >= 15 is 0 Å². The first-order chi connectivity index (χ1) is 12.7. The number of methoxy groups -OCH3 is 1. The van der Waals surface area contributed by atoms with Crippen molar-refractivity contribution in [3.05, 3.63) is 29.8 Å². The van der Waals surface area contributed by atoms with Crippen molar-refractivity contribution in [2.45, 2.75) is 38.1 Å². The van der Waals surface area contributed by atoms with Crippen LogP contribution in [-0.4, -0.2) is 69.0 Å². The van der Waals surface area contributed by atoms with Crippen molar-refractivity contribution in [1.82, 2.24) is 15.5 Å². The molecule has 7 heteroatoms. The average molecular weight is 490 g/mol. The van der Waals surface area contributed by atoms with Gasteiger partial charge in [0, 0.05) is 53.0 Å². The lowest BCUT2D eigenvalue weighted by Gasteiger charge is -2.33. The molecule has 1 aliphatic rings. The number of nitrogens with one attached hydrogen (secondary N) is 2. The lowest BCUT2D eigenvalue weighted by Crippen LogP contribution is -2.49. The molecule has 0 atom stereocenters. The van der Waals surface area contributed by atoms with Crippen LogP contribution in [0.5, 0.6) is 5.75 Å². The predicted octanol–water partition coefficient (Wildman–Crippen LogP) is 2.61. The number of phenols is 1. The monoisotopic (exact) mass is 490 g/mol. The summed E-state index contributed by atoms with van der Waals surface area (Å²) in [5.74, 6) is 1.22. The number of piperidine rings is 1. The van der Waals surface area contributed by atoms with Gasteiger partial charge < -0.3 is 25.4 Å². The first-order valence-corrected chi connectivity index (χ1v) is 9.67. The summed E-state index contributed by atoms with van der Waals surface area (Å²) in [5.41, 5.74) is 1.24. The molecule has 0 amide bonds. The van der Waals surface area contributed by atoms with E-state index in [0.717, 1.165) is 70.8 Å². The molecule has 154 valence electrons. The Balaban J connectivity index is 0.00000364. The third-order valence-corrected chi connectivity index (χ3v) is 4.85. The SMILES string of the molecule is CN=C(NCCCc1ccc(O)cc1)NC1CCN(CCCOC)CC1.I. The molecule has 0 aliphatic carbocycles. The minimum Gasteiger partial charge on any atom is -0.508 e. The van der Waals surface area contributed by atoms with Gasteiger partial charge in [0.1, 0.15) is 5.75 Å². The van der Waals surface area contributed by atoms with Crippen molar-refractivity contribution in [3.63, 3.8) is 0 Å². The van der Waals surface area contributed by atoms with Gasteiger partial charge in [-0.05, 0) is 49.8 Å². The maximum Gasteiger partial charge on any atom is 0.191 e. The second-order valence-corrected chi connectivity index (χ2v) is 6.88. The molecule has 0 aromatic heterocycles. The maximum atomic E-state index is 9.31. The average Bonchev–Trinajstić information content (AvgIpc) is 2.67. The Labute approximate surface area is 180 Å². The van der Waals surface area contributed by atoms with Gasteiger partial charge >= 0.3 is 0 Å². The van der Waals surface area contributed by atoms with E-state index in [1.807, 2.05) is 19.2 Å². The summed E-state index contributed by atoms with van der Waals surface area (Å²) in [6.45, 7) is 5.14. The molecule has 27 heavy (non-hydrogen) atoms. The van der Waals surface area contributed by atoms with E-state index in [4.69, 9.17) is 4.74 Å². The second-order valence-electron chi connectivity index (χ2n) is 6.88. The number of hydrogen-bond donors (Lipinski definition) is 3. The smallest absolute Gasteiger partial charge is 0.191 e. The number of halogens is 1. The van der Waals surface area contributed by atoms with Crippen LogP contribution in [0.25, 0.3) is 0 Å². The molecule has 1 fully saturated rings. The van der Waals surface area contributed by atoms with Gasteiger partial charge in [-0.1, -0.05) is 12.1 Å². The molecule has 1 aromatic carbocycles. The number of hydrogen-bond acceptors (Lipinski definition) is 4. The molecule has 0 spiro atoms. The number of phenolic OH excluding ortho intramolecular Hbond substituents is 1. The fraction of sp³-hybridized carbons (Fsp3) is 0.650.